The number of nitrogens with zero attached hydrogens (tertiary/aromatic N) is 1. The van der Waals surface area contributed by atoms with Crippen LogP contribution in [0.25, 0.3) is 0 Å². The Kier molecular flexibility index (Phi) is 4.91. The van der Waals surface area contributed by atoms with E-state index in [-0.39, 0.29) is 17.6 Å². The number of aromatic amines is 1. The van der Waals surface area contributed by atoms with E-state index in [1.165, 1.54) is 12.3 Å². The predicted molar refractivity (Wildman–Crippen MR) is 59.3 cm³/mol. The lowest BCUT2D eigenvalue weighted by Gasteiger charge is -2.07. The van der Waals surface area contributed by atoms with Crippen LogP contribution in [-0.4, -0.2) is 36.9 Å². The number of sulfonamides is 1. The Labute approximate surface area is 95.1 Å². The molecule has 0 saturated carbocycles. The Hall–Kier alpha value is -0.920. The molecule has 92 valence electrons. The van der Waals surface area contributed by atoms with Crippen molar-refractivity contribution in [1.29, 1.82) is 0 Å². The number of aliphatic hydroxyl groups is 1. The summed E-state index contributed by atoms with van der Waals surface area (Å²) >= 11 is 0. The maximum atomic E-state index is 11.6. The van der Waals surface area contributed by atoms with E-state index < -0.39 is 10.0 Å². The third-order valence-corrected chi connectivity index (χ3v) is 3.63. The van der Waals surface area contributed by atoms with Crippen molar-refractivity contribution in [2.45, 2.75) is 24.8 Å². The van der Waals surface area contributed by atoms with E-state index in [9.17, 15) is 8.42 Å². The minimum absolute atomic E-state index is 0.0720. The number of nitrogens with one attached hydrogen (secondary N) is 2. The number of aliphatic hydroxyl groups excluding tert-OH is 1. The number of H-pyrrole nitrogens is 1. The molecule has 0 bridgehead atoms. The molecule has 1 atom stereocenters. The molecule has 3 N–H and O–H groups in total. The molecule has 0 aliphatic rings. The maximum absolute atomic E-state index is 11.6. The Morgan fingerprint density at radius 2 is 2.38 bits per heavy atom. The zero-order valence-corrected chi connectivity index (χ0v) is 10.00. The third-order valence-electron chi connectivity index (χ3n) is 2.24. The average molecular weight is 247 g/mol. The molecule has 0 aromatic carbocycles. The average Bonchev–Trinajstić information content (AvgIpc) is 2.78. The number of hydrogen-bond acceptors (Lipinski definition) is 4. The van der Waals surface area contributed by atoms with Gasteiger partial charge in [0.05, 0.1) is 6.20 Å². The Morgan fingerprint density at radius 3 is 2.94 bits per heavy atom. The van der Waals surface area contributed by atoms with Crippen LogP contribution in [0, 0.1) is 5.92 Å². The summed E-state index contributed by atoms with van der Waals surface area (Å²) < 4.78 is 25.6. The van der Waals surface area contributed by atoms with Crippen LogP contribution in [0.5, 0.6) is 0 Å². The fourth-order valence-electron chi connectivity index (χ4n) is 1.22. The maximum Gasteiger partial charge on any atom is 0.257 e. The molecule has 0 saturated heterocycles. The first-order valence-corrected chi connectivity index (χ1v) is 6.64. The quantitative estimate of drug-likeness (QED) is 0.595. The van der Waals surface area contributed by atoms with Gasteiger partial charge in [0.1, 0.15) is 0 Å². The van der Waals surface area contributed by atoms with Crippen molar-refractivity contribution in [2.24, 2.45) is 5.92 Å². The number of hydrogen-bond donors (Lipinski definition) is 3. The predicted octanol–water partition coefficient (Wildman–Crippen LogP) is 0.0966. The molecule has 1 aromatic rings. The summed E-state index contributed by atoms with van der Waals surface area (Å²) in [5, 5.41) is 14.8. The van der Waals surface area contributed by atoms with E-state index in [0.717, 1.165) is 6.42 Å². The van der Waals surface area contributed by atoms with Crippen LogP contribution >= 0.6 is 0 Å². The van der Waals surface area contributed by atoms with E-state index in [2.05, 4.69) is 14.9 Å². The number of rotatable bonds is 7. The monoisotopic (exact) mass is 247 g/mol. The molecule has 0 amide bonds. The first kappa shape index (κ1) is 13.1. The van der Waals surface area contributed by atoms with Crippen molar-refractivity contribution >= 4 is 10.0 Å². The van der Waals surface area contributed by atoms with Gasteiger partial charge in [-0.1, -0.05) is 6.92 Å². The molecule has 1 rings (SSSR count). The van der Waals surface area contributed by atoms with E-state index >= 15 is 0 Å². The zero-order valence-electron chi connectivity index (χ0n) is 9.18. The summed E-state index contributed by atoms with van der Waals surface area (Å²) in [6, 6.07) is 1.40. The summed E-state index contributed by atoms with van der Waals surface area (Å²) in [4.78, 5) is 0. The Balaban J connectivity index is 2.33. The highest BCUT2D eigenvalue weighted by Crippen LogP contribution is 2.05. The molecular formula is C9H17N3O3S. The first-order chi connectivity index (χ1) is 7.56. The SMILES string of the molecule is CC(CO)CCCNS(=O)(=O)c1ccn[nH]1. The summed E-state index contributed by atoms with van der Waals surface area (Å²) in [6.45, 7) is 2.42. The summed E-state index contributed by atoms with van der Waals surface area (Å²) in [7, 11) is -3.45. The molecule has 16 heavy (non-hydrogen) atoms. The van der Waals surface area contributed by atoms with Gasteiger partial charge in [0, 0.05) is 13.2 Å². The lowest BCUT2D eigenvalue weighted by Crippen LogP contribution is -2.25. The molecule has 6 nitrogen and oxygen atoms in total. The van der Waals surface area contributed by atoms with Crippen molar-refractivity contribution < 1.29 is 13.5 Å². The van der Waals surface area contributed by atoms with Gasteiger partial charge < -0.3 is 5.11 Å². The molecule has 0 radical (unpaired) electrons. The van der Waals surface area contributed by atoms with Gasteiger partial charge in [-0.25, -0.2) is 13.1 Å². The summed E-state index contributed by atoms with van der Waals surface area (Å²) in [5.41, 5.74) is 0. The molecule has 0 fully saturated rings. The van der Waals surface area contributed by atoms with Crippen molar-refractivity contribution in [1.82, 2.24) is 14.9 Å². The normalized spacial score (nSPS) is 13.9. The van der Waals surface area contributed by atoms with Crippen molar-refractivity contribution in [3.63, 3.8) is 0 Å². The Morgan fingerprint density at radius 1 is 1.62 bits per heavy atom. The smallest absolute Gasteiger partial charge is 0.257 e. The van der Waals surface area contributed by atoms with Crippen molar-refractivity contribution in [2.75, 3.05) is 13.2 Å². The largest absolute Gasteiger partial charge is 0.396 e. The molecule has 0 aliphatic heterocycles. The molecule has 7 heteroatoms. The van der Waals surface area contributed by atoms with Gasteiger partial charge in [-0.2, -0.15) is 5.10 Å². The highest BCUT2D eigenvalue weighted by Gasteiger charge is 2.14. The van der Waals surface area contributed by atoms with Gasteiger partial charge >= 0.3 is 0 Å². The van der Waals surface area contributed by atoms with Gasteiger partial charge in [0.15, 0.2) is 5.03 Å². The van der Waals surface area contributed by atoms with Crippen LogP contribution in [-0.2, 0) is 10.0 Å². The van der Waals surface area contributed by atoms with Crippen molar-refractivity contribution in [3.05, 3.63) is 12.3 Å². The first-order valence-electron chi connectivity index (χ1n) is 5.16. The Bertz CT molecular complexity index is 388. The number of aromatic nitrogens is 2. The minimum Gasteiger partial charge on any atom is -0.396 e. The fraction of sp³-hybridized carbons (Fsp3) is 0.667. The van der Waals surface area contributed by atoms with Gasteiger partial charge in [-0.3, -0.25) is 5.10 Å². The zero-order chi connectivity index (χ0) is 12.0. The van der Waals surface area contributed by atoms with E-state index in [1.807, 2.05) is 6.92 Å². The van der Waals surface area contributed by atoms with Crippen LogP contribution in [0.3, 0.4) is 0 Å². The summed E-state index contributed by atoms with van der Waals surface area (Å²) in [5.74, 6) is 0.205. The van der Waals surface area contributed by atoms with Crippen LogP contribution in [0.1, 0.15) is 19.8 Å². The van der Waals surface area contributed by atoms with Crippen LogP contribution in [0.4, 0.5) is 0 Å². The second-order valence-corrected chi connectivity index (χ2v) is 5.48. The molecule has 1 heterocycles. The fourth-order valence-corrected chi connectivity index (χ4v) is 2.20. The van der Waals surface area contributed by atoms with Gasteiger partial charge in [-0.15, -0.1) is 0 Å². The molecule has 0 spiro atoms. The second kappa shape index (κ2) is 5.97. The lowest BCUT2D eigenvalue weighted by atomic mass is 10.1. The molecular weight excluding hydrogens is 230 g/mol. The van der Waals surface area contributed by atoms with Crippen LogP contribution < -0.4 is 4.72 Å². The molecule has 1 aromatic heterocycles. The lowest BCUT2D eigenvalue weighted by molar-refractivity contribution is 0.228. The van der Waals surface area contributed by atoms with Crippen LogP contribution in [0.2, 0.25) is 0 Å². The molecule has 0 aliphatic carbocycles. The van der Waals surface area contributed by atoms with Crippen molar-refractivity contribution in [3.8, 4) is 0 Å². The van der Waals surface area contributed by atoms with E-state index in [1.54, 1.807) is 0 Å². The summed E-state index contributed by atoms with van der Waals surface area (Å²) in [6.07, 6.45) is 2.89. The highest BCUT2D eigenvalue weighted by atomic mass is 32.2. The van der Waals surface area contributed by atoms with Gasteiger partial charge in [0.2, 0.25) is 0 Å². The van der Waals surface area contributed by atoms with E-state index in [0.29, 0.717) is 13.0 Å². The highest BCUT2D eigenvalue weighted by molar-refractivity contribution is 7.89. The van der Waals surface area contributed by atoms with E-state index in [4.69, 9.17) is 5.11 Å². The standard InChI is InChI=1S/C9H17N3O3S/c1-8(7-13)3-2-5-11-16(14,15)9-4-6-10-12-9/h4,6,8,11,13H,2-3,5,7H2,1H3,(H,10,12). The minimum atomic E-state index is -3.45. The van der Waals surface area contributed by atoms with Crippen LogP contribution in [0.15, 0.2) is 17.3 Å². The second-order valence-electron chi connectivity index (χ2n) is 3.75. The topological polar surface area (TPSA) is 95.1 Å². The third kappa shape index (κ3) is 3.92. The molecule has 1 unspecified atom stereocenters. The van der Waals surface area contributed by atoms with Gasteiger partial charge in [-0.05, 0) is 24.8 Å². The van der Waals surface area contributed by atoms with Gasteiger partial charge in [0.25, 0.3) is 10.0 Å².